The Hall–Kier alpha value is -0.900. The van der Waals surface area contributed by atoms with Crippen LogP contribution >= 0.6 is 15.9 Å². The van der Waals surface area contributed by atoms with Gasteiger partial charge in [0, 0.05) is 6.20 Å². The van der Waals surface area contributed by atoms with E-state index in [1.165, 1.54) is 0 Å². The summed E-state index contributed by atoms with van der Waals surface area (Å²) < 4.78 is 0.804. The lowest BCUT2D eigenvalue weighted by Crippen LogP contribution is -2.40. The van der Waals surface area contributed by atoms with E-state index in [-0.39, 0.29) is 5.54 Å². The van der Waals surface area contributed by atoms with Crippen molar-refractivity contribution >= 4 is 22.3 Å². The molecule has 1 rings (SSSR count). The van der Waals surface area contributed by atoms with Gasteiger partial charge in [-0.15, -0.1) is 0 Å². The molecule has 0 aliphatic rings. The minimum atomic E-state index is -0.282. The first-order valence-electron chi connectivity index (χ1n) is 5.02. The number of carbonyl (C=O) groups is 1. The van der Waals surface area contributed by atoms with Crippen LogP contribution in [0.5, 0.6) is 0 Å². The molecule has 0 fully saturated rings. The molecule has 1 amide bonds. The van der Waals surface area contributed by atoms with Crippen molar-refractivity contribution in [2.75, 3.05) is 0 Å². The molecule has 4 heteroatoms. The molecule has 0 aromatic carbocycles. The Kier molecular flexibility index (Phi) is 4.27. The number of hydrogen-bond donors (Lipinski definition) is 1. The van der Waals surface area contributed by atoms with Crippen LogP contribution in [0.1, 0.15) is 32.3 Å². The summed E-state index contributed by atoms with van der Waals surface area (Å²) in [4.78, 5) is 14.8. The van der Waals surface area contributed by atoms with Crippen molar-refractivity contribution in [2.24, 2.45) is 0 Å². The largest absolute Gasteiger partial charge is 0.349 e. The van der Waals surface area contributed by atoms with Crippen molar-refractivity contribution in [1.29, 1.82) is 0 Å². The van der Waals surface area contributed by atoms with Crippen LogP contribution in [-0.4, -0.2) is 11.4 Å². The summed E-state index contributed by atoms with van der Waals surface area (Å²) in [5.74, 6) is 0. The van der Waals surface area contributed by atoms with E-state index in [1.54, 1.807) is 6.20 Å². The zero-order valence-corrected chi connectivity index (χ0v) is 10.5. The topological polar surface area (TPSA) is 42.0 Å². The number of hydrogen-bond acceptors (Lipinski definition) is 2. The fourth-order valence-electron chi connectivity index (χ4n) is 1.72. The van der Waals surface area contributed by atoms with Crippen molar-refractivity contribution in [3.05, 3.63) is 28.5 Å². The smallest absolute Gasteiger partial charge is 0.207 e. The molecule has 82 valence electrons. The molecule has 0 saturated heterocycles. The van der Waals surface area contributed by atoms with Gasteiger partial charge in [-0.3, -0.25) is 4.79 Å². The van der Waals surface area contributed by atoms with Gasteiger partial charge in [-0.25, -0.2) is 4.98 Å². The van der Waals surface area contributed by atoms with Crippen LogP contribution in [0.3, 0.4) is 0 Å². The molecule has 0 unspecified atom stereocenters. The summed E-state index contributed by atoms with van der Waals surface area (Å²) in [7, 11) is 0. The second kappa shape index (κ2) is 5.26. The van der Waals surface area contributed by atoms with Crippen LogP contribution in [0.4, 0.5) is 0 Å². The summed E-state index contributed by atoms with van der Waals surface area (Å²) in [6, 6.07) is 3.88. The quantitative estimate of drug-likeness (QED) is 0.660. The van der Waals surface area contributed by atoms with Crippen LogP contribution in [-0.2, 0) is 10.3 Å². The highest BCUT2D eigenvalue weighted by atomic mass is 79.9. The number of pyridine rings is 1. The van der Waals surface area contributed by atoms with Gasteiger partial charge >= 0.3 is 0 Å². The number of nitrogens with zero attached hydrogens (tertiary/aromatic N) is 1. The average Bonchev–Trinajstić information content (AvgIpc) is 2.27. The Morgan fingerprint density at radius 1 is 1.47 bits per heavy atom. The van der Waals surface area contributed by atoms with Crippen molar-refractivity contribution in [3.8, 4) is 0 Å². The van der Waals surface area contributed by atoms with E-state index in [9.17, 15) is 4.79 Å². The van der Waals surface area contributed by atoms with E-state index in [4.69, 9.17) is 0 Å². The molecule has 0 aliphatic carbocycles. The zero-order chi connectivity index (χ0) is 11.3. The first kappa shape index (κ1) is 12.2. The van der Waals surface area contributed by atoms with Crippen LogP contribution in [0.25, 0.3) is 0 Å². The first-order valence-corrected chi connectivity index (χ1v) is 5.81. The van der Waals surface area contributed by atoms with Crippen molar-refractivity contribution in [1.82, 2.24) is 10.3 Å². The van der Waals surface area contributed by atoms with E-state index in [0.717, 1.165) is 29.4 Å². The summed E-state index contributed by atoms with van der Waals surface area (Å²) >= 11 is 3.29. The predicted octanol–water partition coefficient (Wildman–Crippen LogP) is 2.61. The van der Waals surface area contributed by atoms with Gasteiger partial charge in [-0.2, -0.15) is 0 Å². The highest BCUT2D eigenvalue weighted by Crippen LogP contribution is 2.28. The monoisotopic (exact) mass is 270 g/mol. The van der Waals surface area contributed by atoms with Crippen LogP contribution < -0.4 is 5.32 Å². The molecule has 0 aliphatic heterocycles. The second-order valence-corrected chi connectivity index (χ2v) is 4.23. The molecule has 1 aromatic heterocycles. The third kappa shape index (κ3) is 2.56. The van der Waals surface area contributed by atoms with Gasteiger partial charge in [-0.1, -0.05) is 19.9 Å². The van der Waals surface area contributed by atoms with E-state index in [2.05, 4.69) is 40.1 Å². The van der Waals surface area contributed by atoms with E-state index >= 15 is 0 Å². The summed E-state index contributed by atoms with van der Waals surface area (Å²) in [6.45, 7) is 4.12. The average molecular weight is 271 g/mol. The first-order chi connectivity index (χ1) is 7.18. The number of rotatable bonds is 5. The van der Waals surface area contributed by atoms with Crippen LogP contribution in [0.2, 0.25) is 0 Å². The van der Waals surface area contributed by atoms with Gasteiger partial charge in [0.2, 0.25) is 6.41 Å². The molecule has 0 atom stereocenters. The molecule has 1 aromatic rings. The third-order valence-corrected chi connectivity index (χ3v) is 3.29. The van der Waals surface area contributed by atoms with Crippen LogP contribution in [0.15, 0.2) is 22.9 Å². The maximum Gasteiger partial charge on any atom is 0.207 e. The summed E-state index contributed by atoms with van der Waals surface area (Å²) in [5.41, 5.74) is 0.762. The molecule has 0 bridgehead atoms. The second-order valence-electron chi connectivity index (χ2n) is 3.42. The normalized spacial score (nSPS) is 11.1. The lowest BCUT2D eigenvalue weighted by atomic mass is 9.86. The van der Waals surface area contributed by atoms with Gasteiger partial charge in [0.25, 0.3) is 0 Å². The Labute approximate surface area is 98.4 Å². The number of amides is 1. The van der Waals surface area contributed by atoms with Crippen LogP contribution in [0, 0.1) is 0 Å². The number of carbonyl (C=O) groups excluding carboxylic acids is 1. The summed E-state index contributed by atoms with van der Waals surface area (Å²) in [5, 5.41) is 2.90. The molecular weight excluding hydrogens is 256 g/mol. The Bertz CT molecular complexity index is 320. The molecule has 0 radical (unpaired) electrons. The Morgan fingerprint density at radius 3 is 2.53 bits per heavy atom. The maximum atomic E-state index is 10.6. The standard InChI is InChI=1S/C11H15BrN2O/c1-3-11(4-2,14-8-15)9-5-6-10(12)13-7-9/h5-8H,3-4H2,1-2H3,(H,14,15). The molecule has 0 spiro atoms. The van der Waals surface area contributed by atoms with Crippen molar-refractivity contribution < 1.29 is 4.79 Å². The minimum absolute atomic E-state index is 0.282. The summed E-state index contributed by atoms with van der Waals surface area (Å²) in [6.07, 6.45) is 4.26. The van der Waals surface area contributed by atoms with E-state index < -0.39 is 0 Å². The molecule has 3 nitrogen and oxygen atoms in total. The molecule has 0 saturated carbocycles. The molecule has 1 heterocycles. The van der Waals surface area contributed by atoms with Crippen molar-refractivity contribution in [2.45, 2.75) is 32.2 Å². The Morgan fingerprint density at radius 2 is 2.13 bits per heavy atom. The van der Waals surface area contributed by atoms with Gasteiger partial charge in [0.05, 0.1) is 5.54 Å². The maximum absolute atomic E-state index is 10.6. The number of nitrogens with one attached hydrogen (secondary N) is 1. The molecular formula is C11H15BrN2O. The third-order valence-electron chi connectivity index (χ3n) is 2.82. The highest BCUT2D eigenvalue weighted by Gasteiger charge is 2.27. The predicted molar refractivity (Wildman–Crippen MR) is 63.4 cm³/mol. The van der Waals surface area contributed by atoms with Gasteiger partial charge in [0.1, 0.15) is 4.60 Å². The fourth-order valence-corrected chi connectivity index (χ4v) is 1.95. The van der Waals surface area contributed by atoms with Crippen molar-refractivity contribution in [3.63, 3.8) is 0 Å². The highest BCUT2D eigenvalue weighted by molar-refractivity contribution is 9.10. The minimum Gasteiger partial charge on any atom is -0.349 e. The van der Waals surface area contributed by atoms with Gasteiger partial charge in [-0.05, 0) is 40.4 Å². The number of aromatic nitrogens is 1. The lowest BCUT2D eigenvalue weighted by molar-refractivity contribution is -0.111. The van der Waals surface area contributed by atoms with E-state index in [0.29, 0.717) is 0 Å². The van der Waals surface area contributed by atoms with Gasteiger partial charge < -0.3 is 5.32 Å². The SMILES string of the molecule is CCC(CC)(NC=O)c1ccc(Br)nc1. The molecule has 15 heavy (non-hydrogen) atoms. The fraction of sp³-hybridized carbons (Fsp3) is 0.455. The Balaban J connectivity index is 3.07. The van der Waals surface area contributed by atoms with Gasteiger partial charge in [0.15, 0.2) is 0 Å². The number of halogens is 1. The lowest BCUT2D eigenvalue weighted by Gasteiger charge is -2.31. The molecule has 1 N–H and O–H groups in total. The van der Waals surface area contributed by atoms with E-state index in [1.807, 2.05) is 12.1 Å². The zero-order valence-electron chi connectivity index (χ0n) is 8.96.